The summed E-state index contributed by atoms with van der Waals surface area (Å²) in [6.45, 7) is 4.00. The van der Waals surface area contributed by atoms with E-state index in [2.05, 4.69) is 10.2 Å². The van der Waals surface area contributed by atoms with Gasteiger partial charge in [0.15, 0.2) is 0 Å². The molecule has 0 aromatic heterocycles. The third-order valence-corrected chi connectivity index (χ3v) is 3.87. The fraction of sp³-hybridized carbons (Fsp3) is 1.00. The van der Waals surface area contributed by atoms with Gasteiger partial charge in [0.05, 0.1) is 0 Å². The topological polar surface area (TPSA) is 15.3 Å². The molecule has 2 heteroatoms. The Morgan fingerprint density at radius 2 is 1.86 bits per heavy atom. The predicted molar refractivity (Wildman–Crippen MR) is 58.3 cm³/mol. The molecule has 1 saturated heterocycles. The molecule has 0 spiro atoms. The average Bonchev–Trinajstić information content (AvgIpc) is 3.07. The highest BCUT2D eigenvalue weighted by Gasteiger charge is 2.34. The van der Waals surface area contributed by atoms with Crippen molar-refractivity contribution in [1.29, 1.82) is 0 Å². The zero-order valence-corrected chi connectivity index (χ0v) is 9.04. The van der Waals surface area contributed by atoms with Crippen molar-refractivity contribution in [2.45, 2.75) is 50.6 Å². The Hall–Kier alpha value is -0.0800. The minimum Gasteiger partial charge on any atom is -0.313 e. The maximum absolute atomic E-state index is 3.62. The van der Waals surface area contributed by atoms with Crippen LogP contribution in [0.25, 0.3) is 0 Å². The van der Waals surface area contributed by atoms with Crippen LogP contribution in [-0.4, -0.2) is 36.6 Å². The molecule has 0 radical (unpaired) electrons. The summed E-state index contributed by atoms with van der Waals surface area (Å²) in [6, 6.07) is 1.78. The number of hydrogen-bond acceptors (Lipinski definition) is 2. The molecule has 0 amide bonds. The summed E-state index contributed by atoms with van der Waals surface area (Å²) in [5.74, 6) is 1.07. The molecule has 1 heterocycles. The van der Waals surface area contributed by atoms with Gasteiger partial charge in [-0.25, -0.2) is 0 Å². The zero-order chi connectivity index (χ0) is 9.38. The highest BCUT2D eigenvalue weighted by Crippen LogP contribution is 2.35. The first-order valence-corrected chi connectivity index (χ1v) is 6.39. The lowest BCUT2D eigenvalue weighted by Crippen LogP contribution is -2.39. The normalized spacial score (nSPS) is 32.8. The summed E-state index contributed by atoms with van der Waals surface area (Å²) < 4.78 is 0. The number of hydrogen-bond donors (Lipinski definition) is 1. The molecule has 14 heavy (non-hydrogen) atoms. The Labute approximate surface area is 87.0 Å². The molecule has 3 fully saturated rings. The maximum atomic E-state index is 3.62. The molecule has 3 rings (SSSR count). The number of rotatable bonds is 5. The van der Waals surface area contributed by atoms with Gasteiger partial charge in [0.25, 0.3) is 0 Å². The maximum Gasteiger partial charge on any atom is 0.0195 e. The highest BCUT2D eigenvalue weighted by atomic mass is 15.2. The fourth-order valence-electron chi connectivity index (χ4n) is 2.64. The van der Waals surface area contributed by atoms with E-state index in [4.69, 9.17) is 0 Å². The Bertz CT molecular complexity index is 190. The smallest absolute Gasteiger partial charge is 0.0195 e. The van der Waals surface area contributed by atoms with E-state index in [1.807, 2.05) is 0 Å². The second kappa shape index (κ2) is 3.82. The van der Waals surface area contributed by atoms with Crippen LogP contribution in [-0.2, 0) is 0 Å². The second-order valence-electron chi connectivity index (χ2n) is 5.42. The molecule has 1 aliphatic heterocycles. The van der Waals surface area contributed by atoms with Crippen LogP contribution < -0.4 is 5.32 Å². The van der Waals surface area contributed by atoms with Crippen molar-refractivity contribution in [1.82, 2.24) is 10.2 Å². The molecule has 0 bridgehead atoms. The van der Waals surface area contributed by atoms with Gasteiger partial charge in [0.2, 0.25) is 0 Å². The molecule has 0 unspecified atom stereocenters. The van der Waals surface area contributed by atoms with E-state index >= 15 is 0 Å². The number of nitrogens with one attached hydrogen (secondary N) is 1. The van der Waals surface area contributed by atoms with Crippen LogP contribution in [0.2, 0.25) is 0 Å². The molecule has 2 nitrogen and oxygen atoms in total. The predicted octanol–water partition coefficient (Wildman–Crippen LogP) is 1.61. The first-order chi connectivity index (χ1) is 6.92. The number of nitrogens with zero attached hydrogens (tertiary/aromatic N) is 1. The Kier molecular flexibility index (Phi) is 2.50. The summed E-state index contributed by atoms with van der Waals surface area (Å²) in [6.07, 6.45) is 8.75. The minimum atomic E-state index is 0.814. The molecule has 1 atom stereocenters. The molecular formula is C12H22N2. The molecule has 2 aliphatic carbocycles. The van der Waals surface area contributed by atoms with Gasteiger partial charge in [-0.2, -0.15) is 0 Å². The highest BCUT2D eigenvalue weighted by molar-refractivity contribution is 4.91. The Balaban J connectivity index is 1.49. The third-order valence-electron chi connectivity index (χ3n) is 3.87. The van der Waals surface area contributed by atoms with Crippen molar-refractivity contribution in [3.05, 3.63) is 0 Å². The summed E-state index contributed by atoms with van der Waals surface area (Å²) >= 11 is 0. The van der Waals surface area contributed by atoms with Crippen molar-refractivity contribution >= 4 is 0 Å². The van der Waals surface area contributed by atoms with E-state index in [0.717, 1.165) is 18.0 Å². The summed E-state index contributed by atoms with van der Waals surface area (Å²) in [7, 11) is 0. The molecule has 0 aromatic carbocycles. The van der Waals surface area contributed by atoms with Gasteiger partial charge in [0, 0.05) is 25.2 Å². The summed E-state index contributed by atoms with van der Waals surface area (Å²) in [4.78, 5) is 2.78. The van der Waals surface area contributed by atoms with Gasteiger partial charge in [-0.15, -0.1) is 0 Å². The van der Waals surface area contributed by atoms with E-state index in [0.29, 0.717) is 0 Å². The Morgan fingerprint density at radius 3 is 2.43 bits per heavy atom. The van der Waals surface area contributed by atoms with Crippen molar-refractivity contribution in [3.63, 3.8) is 0 Å². The van der Waals surface area contributed by atoms with E-state index < -0.39 is 0 Å². The van der Waals surface area contributed by atoms with Gasteiger partial charge >= 0.3 is 0 Å². The lowest BCUT2D eigenvalue weighted by Gasteiger charge is -2.25. The van der Waals surface area contributed by atoms with E-state index in [9.17, 15) is 0 Å². The van der Waals surface area contributed by atoms with Gasteiger partial charge in [-0.05, 0) is 51.0 Å². The molecular weight excluding hydrogens is 172 g/mol. The summed E-state index contributed by atoms with van der Waals surface area (Å²) in [5, 5.41) is 3.62. The van der Waals surface area contributed by atoms with Crippen LogP contribution in [0, 0.1) is 5.92 Å². The standard InChI is InChI=1S/C12H22N2/c1-2-11(13-7-1)9-14(12-5-6-12)8-10-3-4-10/h10-13H,1-9H2/t11-/m0/s1. The van der Waals surface area contributed by atoms with E-state index in [1.165, 1.54) is 58.2 Å². The summed E-state index contributed by atoms with van der Waals surface area (Å²) in [5.41, 5.74) is 0. The monoisotopic (exact) mass is 194 g/mol. The first kappa shape index (κ1) is 9.17. The van der Waals surface area contributed by atoms with Gasteiger partial charge in [0.1, 0.15) is 0 Å². The van der Waals surface area contributed by atoms with Crippen LogP contribution in [0.5, 0.6) is 0 Å². The van der Waals surface area contributed by atoms with E-state index in [-0.39, 0.29) is 0 Å². The Morgan fingerprint density at radius 1 is 1.00 bits per heavy atom. The lowest BCUT2D eigenvalue weighted by atomic mass is 10.2. The fourth-order valence-corrected chi connectivity index (χ4v) is 2.64. The van der Waals surface area contributed by atoms with Crippen molar-refractivity contribution in [3.8, 4) is 0 Å². The van der Waals surface area contributed by atoms with Gasteiger partial charge in [-0.3, -0.25) is 4.90 Å². The zero-order valence-electron chi connectivity index (χ0n) is 9.04. The lowest BCUT2D eigenvalue weighted by molar-refractivity contribution is 0.230. The average molecular weight is 194 g/mol. The molecule has 80 valence electrons. The van der Waals surface area contributed by atoms with Crippen LogP contribution >= 0.6 is 0 Å². The van der Waals surface area contributed by atoms with Crippen LogP contribution in [0.3, 0.4) is 0 Å². The van der Waals surface area contributed by atoms with Crippen molar-refractivity contribution < 1.29 is 0 Å². The SMILES string of the molecule is C1CN[C@H](CN(CC2CC2)C2CC2)C1. The van der Waals surface area contributed by atoms with Crippen LogP contribution in [0.4, 0.5) is 0 Å². The molecule has 3 aliphatic rings. The van der Waals surface area contributed by atoms with Crippen molar-refractivity contribution in [2.24, 2.45) is 5.92 Å². The third kappa shape index (κ3) is 2.29. The molecule has 2 saturated carbocycles. The quantitative estimate of drug-likeness (QED) is 0.715. The first-order valence-electron chi connectivity index (χ1n) is 6.39. The largest absolute Gasteiger partial charge is 0.313 e. The van der Waals surface area contributed by atoms with Gasteiger partial charge < -0.3 is 5.32 Å². The molecule has 0 aromatic rings. The van der Waals surface area contributed by atoms with Crippen LogP contribution in [0.1, 0.15) is 38.5 Å². The second-order valence-corrected chi connectivity index (χ2v) is 5.42. The van der Waals surface area contributed by atoms with E-state index in [1.54, 1.807) is 0 Å². The minimum absolute atomic E-state index is 0.814. The van der Waals surface area contributed by atoms with Crippen molar-refractivity contribution in [2.75, 3.05) is 19.6 Å². The van der Waals surface area contributed by atoms with Crippen LogP contribution in [0.15, 0.2) is 0 Å². The molecule has 1 N–H and O–H groups in total. The van der Waals surface area contributed by atoms with Gasteiger partial charge in [-0.1, -0.05) is 0 Å².